The van der Waals surface area contributed by atoms with Gasteiger partial charge in [-0.05, 0) is 36.3 Å². The number of Topliss-reactive ketones (excluding diaryl/α,β-unsaturated/α-hetero) is 1. The van der Waals surface area contributed by atoms with Crippen molar-refractivity contribution in [2.24, 2.45) is 28.6 Å². The normalized spacial score (nSPS) is 54.7. The minimum Gasteiger partial charge on any atom is -0.509 e. The maximum atomic E-state index is 12.9. The van der Waals surface area contributed by atoms with Crippen LogP contribution in [-0.2, 0) is 19.1 Å². The Labute approximate surface area is 151 Å². The molecule has 2 aliphatic heterocycles. The van der Waals surface area contributed by atoms with Gasteiger partial charge in [-0.2, -0.15) is 0 Å². The van der Waals surface area contributed by atoms with Crippen LogP contribution in [0.2, 0.25) is 0 Å². The van der Waals surface area contributed by atoms with Gasteiger partial charge in [0, 0.05) is 29.2 Å². The third-order valence-corrected chi connectivity index (χ3v) is 8.26. The van der Waals surface area contributed by atoms with E-state index in [9.17, 15) is 19.8 Å². The summed E-state index contributed by atoms with van der Waals surface area (Å²) in [5.74, 6) is -2.97. The SMILES string of the molecule is CC1=C(O)[C@H]2O[C@@]3(O)C(=O)C[C@@H](C)[C@@H]4C[C@H]5OC(=O)C=C1[C@@]5(C)[C@H]2[C@]43C. The average Bonchev–Trinajstić information content (AvgIpc) is 2.82. The van der Waals surface area contributed by atoms with E-state index in [0.717, 1.165) is 5.57 Å². The highest BCUT2D eigenvalue weighted by Gasteiger charge is 2.80. The van der Waals surface area contributed by atoms with Gasteiger partial charge in [-0.25, -0.2) is 4.79 Å². The Hall–Kier alpha value is -1.66. The third kappa shape index (κ3) is 1.43. The standard InChI is InChI=1S/C20H24O6/c1-8-5-12(21)20(24)19(4)10(8)6-13-18(3)11(7-14(22)25-13)9(2)15(23)16(26-20)17(18)19/h7-8,10,13,16-17,23-24H,5-6H2,1-4H3/t8-,10+,13-,16-,17+,18-,19+,20+/m1/s1. The van der Waals surface area contributed by atoms with E-state index < -0.39 is 28.7 Å². The number of esters is 1. The van der Waals surface area contributed by atoms with Crippen molar-refractivity contribution in [2.45, 2.75) is 58.5 Å². The second kappa shape index (κ2) is 4.42. The molecule has 0 radical (unpaired) electrons. The van der Waals surface area contributed by atoms with Gasteiger partial charge < -0.3 is 19.7 Å². The highest BCUT2D eigenvalue weighted by molar-refractivity contribution is 5.89. The summed E-state index contributed by atoms with van der Waals surface area (Å²) in [4.78, 5) is 25.1. The van der Waals surface area contributed by atoms with Crippen LogP contribution in [0.1, 0.15) is 40.5 Å². The summed E-state index contributed by atoms with van der Waals surface area (Å²) in [7, 11) is 0. The first kappa shape index (κ1) is 16.5. The molecule has 1 saturated heterocycles. The summed E-state index contributed by atoms with van der Waals surface area (Å²) in [6.07, 6.45) is 1.12. The summed E-state index contributed by atoms with van der Waals surface area (Å²) in [5, 5.41) is 22.3. The molecule has 2 heterocycles. The van der Waals surface area contributed by atoms with E-state index in [1.807, 2.05) is 20.8 Å². The molecule has 3 fully saturated rings. The Bertz CT molecular complexity index is 826. The number of rotatable bonds is 0. The Morgan fingerprint density at radius 3 is 2.65 bits per heavy atom. The summed E-state index contributed by atoms with van der Waals surface area (Å²) in [6, 6.07) is 0. The lowest BCUT2D eigenvalue weighted by atomic mass is 9.41. The van der Waals surface area contributed by atoms with E-state index in [0.29, 0.717) is 12.0 Å². The first-order valence-electron chi connectivity index (χ1n) is 9.33. The molecular formula is C20H24O6. The van der Waals surface area contributed by atoms with Crippen LogP contribution < -0.4 is 0 Å². The molecule has 0 bridgehead atoms. The molecule has 0 spiro atoms. The van der Waals surface area contributed by atoms with Gasteiger partial charge in [0.2, 0.25) is 5.79 Å². The zero-order valence-electron chi connectivity index (χ0n) is 15.4. The van der Waals surface area contributed by atoms with Crippen molar-refractivity contribution >= 4 is 11.8 Å². The molecule has 140 valence electrons. The van der Waals surface area contributed by atoms with Gasteiger partial charge in [0.25, 0.3) is 0 Å². The van der Waals surface area contributed by atoms with Crippen LogP contribution in [0.3, 0.4) is 0 Å². The maximum absolute atomic E-state index is 12.9. The van der Waals surface area contributed by atoms with Crippen molar-refractivity contribution in [3.05, 3.63) is 23.0 Å². The summed E-state index contributed by atoms with van der Waals surface area (Å²) in [6.45, 7) is 7.70. The van der Waals surface area contributed by atoms with Crippen molar-refractivity contribution in [3.63, 3.8) is 0 Å². The lowest BCUT2D eigenvalue weighted by molar-refractivity contribution is -0.263. The van der Waals surface area contributed by atoms with Crippen LogP contribution in [0.15, 0.2) is 23.0 Å². The second-order valence-corrected chi connectivity index (χ2v) is 9.17. The molecule has 26 heavy (non-hydrogen) atoms. The Morgan fingerprint density at radius 2 is 1.96 bits per heavy atom. The number of hydrogen-bond donors (Lipinski definition) is 2. The third-order valence-electron chi connectivity index (χ3n) is 8.26. The number of aliphatic hydroxyl groups is 2. The molecule has 5 rings (SSSR count). The molecule has 2 saturated carbocycles. The molecule has 6 heteroatoms. The Morgan fingerprint density at radius 1 is 1.27 bits per heavy atom. The van der Waals surface area contributed by atoms with E-state index in [1.165, 1.54) is 6.08 Å². The molecule has 8 atom stereocenters. The first-order valence-corrected chi connectivity index (χ1v) is 9.33. The number of ether oxygens (including phenoxy) is 2. The largest absolute Gasteiger partial charge is 0.509 e. The van der Waals surface area contributed by atoms with E-state index in [1.54, 1.807) is 6.92 Å². The van der Waals surface area contributed by atoms with Crippen molar-refractivity contribution < 1.29 is 29.3 Å². The molecule has 3 aliphatic carbocycles. The number of aliphatic hydroxyl groups excluding tert-OH is 1. The van der Waals surface area contributed by atoms with Gasteiger partial charge in [0.05, 0.1) is 0 Å². The monoisotopic (exact) mass is 360 g/mol. The van der Waals surface area contributed by atoms with Crippen LogP contribution in [-0.4, -0.2) is 40.0 Å². The molecule has 0 aromatic heterocycles. The van der Waals surface area contributed by atoms with Crippen molar-refractivity contribution in [3.8, 4) is 0 Å². The van der Waals surface area contributed by atoms with Gasteiger partial charge in [-0.1, -0.05) is 20.8 Å². The first-order chi connectivity index (χ1) is 12.1. The summed E-state index contributed by atoms with van der Waals surface area (Å²) < 4.78 is 11.7. The minimum absolute atomic E-state index is 0.0114. The number of carbonyl (C=O) groups is 2. The van der Waals surface area contributed by atoms with E-state index >= 15 is 0 Å². The molecule has 0 aromatic carbocycles. The van der Waals surface area contributed by atoms with E-state index in [2.05, 4.69) is 0 Å². The maximum Gasteiger partial charge on any atom is 0.331 e. The van der Waals surface area contributed by atoms with Crippen LogP contribution >= 0.6 is 0 Å². The van der Waals surface area contributed by atoms with Crippen LogP contribution in [0.5, 0.6) is 0 Å². The van der Waals surface area contributed by atoms with Crippen LogP contribution in [0, 0.1) is 28.6 Å². The molecule has 5 aliphatic rings. The average molecular weight is 360 g/mol. The van der Waals surface area contributed by atoms with Crippen molar-refractivity contribution in [1.82, 2.24) is 0 Å². The van der Waals surface area contributed by atoms with Gasteiger partial charge in [0.1, 0.15) is 18.0 Å². The van der Waals surface area contributed by atoms with Crippen LogP contribution in [0.25, 0.3) is 0 Å². The van der Waals surface area contributed by atoms with Crippen molar-refractivity contribution in [2.75, 3.05) is 0 Å². The predicted molar refractivity (Wildman–Crippen MR) is 89.7 cm³/mol. The number of ketones is 1. The van der Waals surface area contributed by atoms with Gasteiger partial charge in [-0.3, -0.25) is 4.79 Å². The van der Waals surface area contributed by atoms with E-state index in [4.69, 9.17) is 9.47 Å². The molecular weight excluding hydrogens is 336 g/mol. The lowest BCUT2D eigenvalue weighted by Gasteiger charge is -2.63. The zero-order valence-corrected chi connectivity index (χ0v) is 15.4. The zero-order chi connectivity index (χ0) is 18.8. The van der Waals surface area contributed by atoms with Crippen molar-refractivity contribution in [1.29, 1.82) is 0 Å². The fourth-order valence-electron chi connectivity index (χ4n) is 7.04. The topological polar surface area (TPSA) is 93.1 Å². The number of hydrogen-bond acceptors (Lipinski definition) is 6. The fraction of sp³-hybridized carbons (Fsp3) is 0.700. The highest BCUT2D eigenvalue weighted by atomic mass is 16.7. The molecule has 2 N–H and O–H groups in total. The predicted octanol–water partition coefficient (Wildman–Crippen LogP) is 2.03. The quantitative estimate of drug-likeness (QED) is 0.642. The molecule has 0 unspecified atom stereocenters. The minimum atomic E-state index is -1.92. The molecule has 0 aromatic rings. The Kier molecular flexibility index (Phi) is 2.81. The summed E-state index contributed by atoms with van der Waals surface area (Å²) in [5.41, 5.74) is -0.132. The van der Waals surface area contributed by atoms with Gasteiger partial charge >= 0.3 is 5.97 Å². The molecule has 6 nitrogen and oxygen atoms in total. The van der Waals surface area contributed by atoms with Gasteiger partial charge in [0.15, 0.2) is 5.78 Å². The van der Waals surface area contributed by atoms with Crippen LogP contribution in [0.4, 0.5) is 0 Å². The van der Waals surface area contributed by atoms with Gasteiger partial charge in [-0.15, -0.1) is 0 Å². The highest BCUT2D eigenvalue weighted by Crippen LogP contribution is 2.73. The van der Waals surface area contributed by atoms with E-state index in [-0.39, 0.29) is 41.8 Å². The number of allylic oxidation sites excluding steroid dienone is 1. The summed E-state index contributed by atoms with van der Waals surface area (Å²) >= 11 is 0. The molecule has 0 amide bonds. The fourth-order valence-corrected chi connectivity index (χ4v) is 7.04. The second-order valence-electron chi connectivity index (χ2n) is 9.17. The lowest BCUT2D eigenvalue weighted by Crippen LogP contribution is -2.69. The number of carbonyl (C=O) groups excluding carboxylic acids is 2. The Balaban J connectivity index is 1.84. The smallest absolute Gasteiger partial charge is 0.331 e.